The molecule has 0 bridgehead atoms. The third-order valence-corrected chi connectivity index (χ3v) is 3.57. The van der Waals surface area contributed by atoms with Crippen LogP contribution >= 0.6 is 0 Å². The second-order valence-corrected chi connectivity index (χ2v) is 5.27. The van der Waals surface area contributed by atoms with Gasteiger partial charge in [0.2, 0.25) is 5.91 Å². The number of nitrogens with zero attached hydrogens (tertiary/aromatic N) is 1. The molecular weight excluding hydrogens is 228 g/mol. The van der Waals surface area contributed by atoms with Crippen LogP contribution < -0.4 is 5.73 Å². The lowest BCUT2D eigenvalue weighted by atomic mass is 10.2. The van der Waals surface area contributed by atoms with Gasteiger partial charge in [-0.15, -0.1) is 0 Å². The fourth-order valence-electron chi connectivity index (χ4n) is 2.16. The van der Waals surface area contributed by atoms with Crippen molar-refractivity contribution >= 4 is 5.91 Å². The molecule has 0 aromatic carbocycles. The van der Waals surface area contributed by atoms with E-state index in [0.29, 0.717) is 25.4 Å². The van der Waals surface area contributed by atoms with Crippen LogP contribution in [0.3, 0.4) is 0 Å². The van der Waals surface area contributed by atoms with Crippen molar-refractivity contribution in [2.45, 2.75) is 38.6 Å². The zero-order chi connectivity index (χ0) is 13.1. The Morgan fingerprint density at radius 3 is 2.89 bits per heavy atom. The van der Waals surface area contributed by atoms with Crippen molar-refractivity contribution < 1.29 is 9.21 Å². The highest BCUT2D eigenvalue weighted by atomic mass is 16.3. The van der Waals surface area contributed by atoms with Gasteiger partial charge in [0.25, 0.3) is 0 Å². The molecule has 1 fully saturated rings. The lowest BCUT2D eigenvalue weighted by molar-refractivity contribution is -0.130. The van der Waals surface area contributed by atoms with Crippen LogP contribution in [0.1, 0.15) is 43.6 Å². The quantitative estimate of drug-likeness (QED) is 0.841. The first-order chi connectivity index (χ1) is 8.61. The largest absolute Gasteiger partial charge is 0.464 e. The SMILES string of the molecule is CC1CC1c1ccc(CN(C)C(=O)CCCN)o1. The molecule has 1 saturated carbocycles. The van der Waals surface area contributed by atoms with Crippen LogP contribution in [0, 0.1) is 5.92 Å². The van der Waals surface area contributed by atoms with Crippen LogP contribution in [0.2, 0.25) is 0 Å². The van der Waals surface area contributed by atoms with Crippen molar-refractivity contribution in [3.8, 4) is 0 Å². The minimum absolute atomic E-state index is 0.123. The summed E-state index contributed by atoms with van der Waals surface area (Å²) in [6.07, 6.45) is 2.48. The van der Waals surface area contributed by atoms with Crippen LogP contribution in [0.5, 0.6) is 0 Å². The summed E-state index contributed by atoms with van der Waals surface area (Å²) < 4.78 is 5.78. The second kappa shape index (κ2) is 5.57. The van der Waals surface area contributed by atoms with Crippen molar-refractivity contribution in [2.24, 2.45) is 11.7 Å². The molecule has 1 aromatic heterocycles. The minimum Gasteiger partial charge on any atom is -0.464 e. The molecule has 18 heavy (non-hydrogen) atoms. The van der Waals surface area contributed by atoms with Gasteiger partial charge in [0.05, 0.1) is 6.54 Å². The average molecular weight is 250 g/mol. The molecule has 0 radical (unpaired) electrons. The third-order valence-electron chi connectivity index (χ3n) is 3.57. The molecule has 2 unspecified atom stereocenters. The van der Waals surface area contributed by atoms with Crippen molar-refractivity contribution in [3.63, 3.8) is 0 Å². The van der Waals surface area contributed by atoms with Crippen LogP contribution in [-0.4, -0.2) is 24.4 Å². The van der Waals surface area contributed by atoms with Gasteiger partial charge in [-0.25, -0.2) is 0 Å². The van der Waals surface area contributed by atoms with Gasteiger partial charge >= 0.3 is 0 Å². The Labute approximate surface area is 108 Å². The Morgan fingerprint density at radius 2 is 2.28 bits per heavy atom. The Hall–Kier alpha value is -1.29. The smallest absolute Gasteiger partial charge is 0.222 e. The van der Waals surface area contributed by atoms with E-state index in [9.17, 15) is 4.79 Å². The molecule has 1 aliphatic rings. The summed E-state index contributed by atoms with van der Waals surface area (Å²) in [4.78, 5) is 13.4. The van der Waals surface area contributed by atoms with E-state index < -0.39 is 0 Å². The number of rotatable bonds is 6. The standard InChI is InChI=1S/C14H22N2O2/c1-10-8-12(10)13-6-5-11(18-13)9-16(2)14(17)4-3-7-15/h5-6,10,12H,3-4,7-9,15H2,1-2H3. The molecule has 4 nitrogen and oxygen atoms in total. The number of amides is 1. The number of hydrogen-bond donors (Lipinski definition) is 1. The first kappa shape index (κ1) is 13.1. The summed E-state index contributed by atoms with van der Waals surface area (Å²) in [5.41, 5.74) is 5.40. The van der Waals surface area contributed by atoms with E-state index in [-0.39, 0.29) is 5.91 Å². The lowest BCUT2D eigenvalue weighted by Gasteiger charge is -2.15. The molecule has 2 rings (SSSR count). The number of furan rings is 1. The predicted octanol–water partition coefficient (Wildman–Crippen LogP) is 2.10. The van der Waals surface area contributed by atoms with Gasteiger partial charge in [-0.2, -0.15) is 0 Å². The van der Waals surface area contributed by atoms with Gasteiger partial charge in [-0.1, -0.05) is 6.92 Å². The van der Waals surface area contributed by atoms with E-state index in [1.165, 1.54) is 6.42 Å². The summed E-state index contributed by atoms with van der Waals surface area (Å²) >= 11 is 0. The molecule has 0 aliphatic heterocycles. The van der Waals surface area contributed by atoms with Gasteiger partial charge in [0, 0.05) is 19.4 Å². The number of carbonyl (C=O) groups excluding carboxylic acids is 1. The first-order valence-corrected chi connectivity index (χ1v) is 6.64. The van der Waals surface area contributed by atoms with E-state index in [0.717, 1.165) is 23.9 Å². The first-order valence-electron chi connectivity index (χ1n) is 6.64. The van der Waals surface area contributed by atoms with E-state index in [1.54, 1.807) is 11.9 Å². The molecule has 1 aromatic rings. The Kier molecular flexibility index (Phi) is 4.07. The molecule has 100 valence electrons. The Bertz CT molecular complexity index is 414. The molecule has 1 heterocycles. The Morgan fingerprint density at radius 1 is 1.56 bits per heavy atom. The summed E-state index contributed by atoms with van der Waals surface area (Å²) in [7, 11) is 1.81. The van der Waals surface area contributed by atoms with Crippen LogP contribution in [-0.2, 0) is 11.3 Å². The van der Waals surface area contributed by atoms with Crippen molar-refractivity contribution in [1.82, 2.24) is 4.90 Å². The van der Waals surface area contributed by atoms with Crippen molar-refractivity contribution in [3.05, 3.63) is 23.7 Å². The molecule has 0 spiro atoms. The number of nitrogens with two attached hydrogens (primary N) is 1. The normalized spacial score (nSPS) is 21.9. The number of carbonyl (C=O) groups is 1. The molecule has 2 atom stereocenters. The van der Waals surface area contributed by atoms with E-state index in [4.69, 9.17) is 10.2 Å². The summed E-state index contributed by atoms with van der Waals surface area (Å²) in [5, 5.41) is 0. The van der Waals surface area contributed by atoms with E-state index in [1.807, 2.05) is 12.1 Å². The summed E-state index contributed by atoms with van der Waals surface area (Å²) in [5.74, 6) is 3.40. The highest BCUT2D eigenvalue weighted by molar-refractivity contribution is 5.75. The average Bonchev–Trinajstić information content (AvgIpc) is 2.89. The third kappa shape index (κ3) is 3.13. The second-order valence-electron chi connectivity index (χ2n) is 5.27. The fourth-order valence-corrected chi connectivity index (χ4v) is 2.16. The molecule has 4 heteroatoms. The van der Waals surface area contributed by atoms with E-state index >= 15 is 0 Å². The highest BCUT2D eigenvalue weighted by Gasteiger charge is 2.36. The molecule has 0 saturated heterocycles. The zero-order valence-electron chi connectivity index (χ0n) is 11.2. The minimum atomic E-state index is 0.123. The van der Waals surface area contributed by atoms with Crippen LogP contribution in [0.4, 0.5) is 0 Å². The van der Waals surface area contributed by atoms with Crippen molar-refractivity contribution in [1.29, 1.82) is 0 Å². The molecule has 1 aliphatic carbocycles. The highest BCUT2D eigenvalue weighted by Crippen LogP contribution is 2.47. The number of hydrogen-bond acceptors (Lipinski definition) is 3. The van der Waals surface area contributed by atoms with E-state index in [2.05, 4.69) is 6.92 Å². The van der Waals surface area contributed by atoms with Crippen LogP contribution in [0.25, 0.3) is 0 Å². The summed E-state index contributed by atoms with van der Waals surface area (Å²) in [6, 6.07) is 4.02. The predicted molar refractivity (Wildman–Crippen MR) is 70.0 cm³/mol. The van der Waals surface area contributed by atoms with Gasteiger partial charge in [-0.3, -0.25) is 4.79 Å². The fraction of sp³-hybridized carbons (Fsp3) is 0.643. The van der Waals surface area contributed by atoms with Gasteiger partial charge in [0.1, 0.15) is 11.5 Å². The summed E-state index contributed by atoms with van der Waals surface area (Å²) in [6.45, 7) is 3.34. The zero-order valence-corrected chi connectivity index (χ0v) is 11.2. The van der Waals surface area contributed by atoms with Gasteiger partial charge < -0.3 is 15.1 Å². The molecular formula is C14H22N2O2. The molecule has 2 N–H and O–H groups in total. The monoisotopic (exact) mass is 250 g/mol. The maximum atomic E-state index is 11.7. The lowest BCUT2D eigenvalue weighted by Crippen LogP contribution is -2.26. The van der Waals surface area contributed by atoms with Crippen molar-refractivity contribution in [2.75, 3.05) is 13.6 Å². The maximum absolute atomic E-state index is 11.7. The van der Waals surface area contributed by atoms with Crippen LogP contribution in [0.15, 0.2) is 16.5 Å². The molecule has 1 amide bonds. The topological polar surface area (TPSA) is 59.5 Å². The van der Waals surface area contributed by atoms with Gasteiger partial charge in [-0.05, 0) is 37.4 Å². The maximum Gasteiger partial charge on any atom is 0.222 e. The van der Waals surface area contributed by atoms with Gasteiger partial charge in [0.15, 0.2) is 0 Å². The Balaban J connectivity index is 1.85.